The fourth-order valence-corrected chi connectivity index (χ4v) is 4.39. The van der Waals surface area contributed by atoms with E-state index in [0.717, 1.165) is 34.1 Å². The van der Waals surface area contributed by atoms with Crippen molar-refractivity contribution in [3.8, 4) is 17.6 Å². The largest absolute Gasteiger partial charge is 0.497 e. The first-order valence-electron chi connectivity index (χ1n) is 10.6. The minimum absolute atomic E-state index is 0.0783. The molecule has 0 radical (unpaired) electrons. The van der Waals surface area contributed by atoms with Crippen molar-refractivity contribution in [3.05, 3.63) is 114 Å². The summed E-state index contributed by atoms with van der Waals surface area (Å²) in [6.07, 6.45) is 0.932. The molecule has 0 amide bonds. The Kier molecular flexibility index (Phi) is 4.98. The average Bonchev–Trinajstić information content (AvgIpc) is 3.65. The lowest BCUT2D eigenvalue weighted by molar-refractivity contribution is 0.0733. The van der Waals surface area contributed by atoms with E-state index in [0.29, 0.717) is 5.92 Å². The van der Waals surface area contributed by atoms with E-state index in [2.05, 4.69) is 42.2 Å². The molecule has 31 heavy (non-hydrogen) atoms. The van der Waals surface area contributed by atoms with Gasteiger partial charge in [-0.1, -0.05) is 84.6 Å². The van der Waals surface area contributed by atoms with Crippen LogP contribution in [0.1, 0.15) is 29.0 Å². The quantitative estimate of drug-likeness (QED) is 0.430. The fourth-order valence-electron chi connectivity index (χ4n) is 4.39. The van der Waals surface area contributed by atoms with Crippen molar-refractivity contribution in [2.24, 2.45) is 5.92 Å². The molecule has 1 fully saturated rings. The number of aliphatic hydroxyl groups is 1. The summed E-state index contributed by atoms with van der Waals surface area (Å²) in [5.74, 6) is 7.77. The average molecular weight is 405 g/mol. The molecule has 0 spiro atoms. The molecule has 4 aromatic carbocycles. The van der Waals surface area contributed by atoms with Gasteiger partial charge in [0.2, 0.25) is 0 Å². The monoisotopic (exact) mass is 404 g/mol. The molecule has 3 unspecified atom stereocenters. The Hall–Kier alpha value is -3.54. The molecule has 1 N–H and O–H groups in total. The lowest BCUT2D eigenvalue weighted by Gasteiger charge is -2.23. The van der Waals surface area contributed by atoms with E-state index in [1.807, 2.05) is 66.7 Å². The van der Waals surface area contributed by atoms with Crippen molar-refractivity contribution in [1.82, 2.24) is 0 Å². The van der Waals surface area contributed by atoms with E-state index in [9.17, 15) is 5.11 Å². The zero-order chi connectivity index (χ0) is 21.3. The maximum Gasteiger partial charge on any atom is 0.154 e. The van der Waals surface area contributed by atoms with E-state index in [4.69, 9.17) is 4.74 Å². The maximum atomic E-state index is 11.8. The summed E-state index contributed by atoms with van der Waals surface area (Å²) >= 11 is 0. The predicted octanol–water partition coefficient (Wildman–Crippen LogP) is 5.89. The van der Waals surface area contributed by atoms with Crippen LogP contribution in [0.15, 0.2) is 97.1 Å². The Bertz CT molecular complexity index is 1270. The summed E-state index contributed by atoms with van der Waals surface area (Å²) in [6, 6.07) is 32.4. The maximum absolute atomic E-state index is 11.8. The zero-order valence-corrected chi connectivity index (χ0v) is 17.5. The van der Waals surface area contributed by atoms with Crippen LogP contribution in [-0.4, -0.2) is 12.2 Å². The molecule has 4 aromatic rings. The van der Waals surface area contributed by atoms with Gasteiger partial charge in [-0.15, -0.1) is 0 Å². The molecule has 3 atom stereocenters. The van der Waals surface area contributed by atoms with E-state index in [-0.39, 0.29) is 5.92 Å². The molecule has 2 nitrogen and oxygen atoms in total. The van der Waals surface area contributed by atoms with Gasteiger partial charge in [-0.05, 0) is 58.5 Å². The highest BCUT2D eigenvalue weighted by molar-refractivity contribution is 5.85. The van der Waals surface area contributed by atoms with Gasteiger partial charge in [-0.25, -0.2) is 0 Å². The van der Waals surface area contributed by atoms with Crippen molar-refractivity contribution in [2.45, 2.75) is 17.9 Å². The highest BCUT2D eigenvalue weighted by Crippen LogP contribution is 2.56. The molecule has 1 aliphatic rings. The fraction of sp³-hybridized carbons (Fsp3) is 0.172. The molecule has 2 heteroatoms. The Balaban J connectivity index is 1.51. The third-order valence-corrected chi connectivity index (χ3v) is 6.21. The van der Waals surface area contributed by atoms with Gasteiger partial charge in [0.15, 0.2) is 5.60 Å². The smallest absolute Gasteiger partial charge is 0.154 e. The topological polar surface area (TPSA) is 29.5 Å². The van der Waals surface area contributed by atoms with Crippen molar-refractivity contribution >= 4 is 10.8 Å². The van der Waals surface area contributed by atoms with Crippen LogP contribution in [0.3, 0.4) is 0 Å². The number of hydrogen-bond acceptors (Lipinski definition) is 2. The number of fused-ring (bicyclic) bond motifs is 1. The third kappa shape index (κ3) is 3.81. The van der Waals surface area contributed by atoms with E-state index >= 15 is 0 Å². The first-order chi connectivity index (χ1) is 15.2. The first kappa shape index (κ1) is 19.4. The molecule has 5 rings (SSSR count). The second-order valence-electron chi connectivity index (χ2n) is 8.17. The van der Waals surface area contributed by atoms with Gasteiger partial charge < -0.3 is 9.84 Å². The van der Waals surface area contributed by atoms with Crippen LogP contribution in [0.5, 0.6) is 5.75 Å². The van der Waals surface area contributed by atoms with Crippen LogP contribution in [-0.2, 0) is 5.60 Å². The molecule has 0 bridgehead atoms. The van der Waals surface area contributed by atoms with E-state index in [1.54, 1.807) is 7.11 Å². The van der Waals surface area contributed by atoms with Gasteiger partial charge >= 0.3 is 0 Å². The van der Waals surface area contributed by atoms with Gasteiger partial charge in [-0.2, -0.15) is 0 Å². The number of methoxy groups -OCH3 is 1. The second kappa shape index (κ2) is 7.95. The summed E-state index contributed by atoms with van der Waals surface area (Å²) in [5.41, 5.74) is 1.83. The predicted molar refractivity (Wildman–Crippen MR) is 125 cm³/mol. The molecule has 152 valence electrons. The Labute approximate surface area is 183 Å². The van der Waals surface area contributed by atoms with E-state index in [1.165, 1.54) is 5.56 Å². The van der Waals surface area contributed by atoms with Gasteiger partial charge in [0.1, 0.15) is 5.75 Å². The summed E-state index contributed by atoms with van der Waals surface area (Å²) in [5, 5.41) is 14.0. The number of ether oxygens (including phenoxy) is 1. The summed E-state index contributed by atoms with van der Waals surface area (Å²) in [4.78, 5) is 0. The van der Waals surface area contributed by atoms with Crippen LogP contribution < -0.4 is 4.74 Å². The number of benzene rings is 4. The van der Waals surface area contributed by atoms with Gasteiger partial charge in [0.25, 0.3) is 0 Å². The normalized spacial score (nSPS) is 19.2. The van der Waals surface area contributed by atoms with Crippen LogP contribution in [0, 0.1) is 17.8 Å². The Morgan fingerprint density at radius 2 is 1.52 bits per heavy atom. The summed E-state index contributed by atoms with van der Waals surface area (Å²) in [6.45, 7) is 0. The standard InChI is InChI=1S/C29H24O2/c1-31-26-15-14-23-18-21(12-13-24(23)19-26)16-17-29(30,25-10-6-3-7-11-25)28-20-27(28)22-8-4-2-5-9-22/h2-15,18-19,27-28,30H,20H2,1H3. The summed E-state index contributed by atoms with van der Waals surface area (Å²) in [7, 11) is 1.67. The summed E-state index contributed by atoms with van der Waals surface area (Å²) < 4.78 is 5.31. The van der Waals surface area contributed by atoms with Crippen LogP contribution in [0.2, 0.25) is 0 Å². The van der Waals surface area contributed by atoms with Gasteiger partial charge in [-0.3, -0.25) is 0 Å². The second-order valence-corrected chi connectivity index (χ2v) is 8.17. The van der Waals surface area contributed by atoms with Crippen LogP contribution >= 0.6 is 0 Å². The van der Waals surface area contributed by atoms with Gasteiger partial charge in [0, 0.05) is 11.5 Å². The number of hydrogen-bond donors (Lipinski definition) is 1. The third-order valence-electron chi connectivity index (χ3n) is 6.21. The molecule has 0 aromatic heterocycles. The molecule has 1 saturated carbocycles. The molecule has 0 heterocycles. The molecular formula is C29H24O2. The number of rotatable bonds is 4. The lowest BCUT2D eigenvalue weighted by Crippen LogP contribution is -2.27. The molecule has 0 saturated heterocycles. The van der Waals surface area contributed by atoms with Crippen molar-refractivity contribution in [2.75, 3.05) is 7.11 Å². The van der Waals surface area contributed by atoms with Crippen LogP contribution in [0.25, 0.3) is 10.8 Å². The van der Waals surface area contributed by atoms with Crippen LogP contribution in [0.4, 0.5) is 0 Å². The lowest BCUT2D eigenvalue weighted by atomic mass is 9.87. The van der Waals surface area contributed by atoms with E-state index < -0.39 is 5.60 Å². The molecule has 1 aliphatic carbocycles. The Morgan fingerprint density at radius 1 is 0.839 bits per heavy atom. The molecule has 0 aliphatic heterocycles. The van der Waals surface area contributed by atoms with Gasteiger partial charge in [0.05, 0.1) is 7.11 Å². The highest BCUT2D eigenvalue weighted by atomic mass is 16.5. The zero-order valence-electron chi connectivity index (χ0n) is 17.5. The molecular weight excluding hydrogens is 380 g/mol. The van der Waals surface area contributed by atoms with Crippen molar-refractivity contribution < 1.29 is 9.84 Å². The SMILES string of the molecule is COc1ccc2cc(C#CC(O)(c3ccccc3)C3CC3c3ccccc3)ccc2c1. The minimum atomic E-state index is -1.18. The van der Waals surface area contributed by atoms with Crippen molar-refractivity contribution in [3.63, 3.8) is 0 Å². The highest BCUT2D eigenvalue weighted by Gasteiger charge is 2.52. The minimum Gasteiger partial charge on any atom is -0.497 e. The first-order valence-corrected chi connectivity index (χ1v) is 10.6. The Morgan fingerprint density at radius 3 is 2.26 bits per heavy atom. The van der Waals surface area contributed by atoms with Crippen molar-refractivity contribution in [1.29, 1.82) is 0 Å².